The number of benzene rings is 2. The van der Waals surface area contributed by atoms with Gasteiger partial charge in [-0.1, -0.05) is 18.2 Å². The highest BCUT2D eigenvalue weighted by molar-refractivity contribution is 6.06. The van der Waals surface area contributed by atoms with Crippen molar-refractivity contribution < 1.29 is 18.3 Å². The number of alkyl halides is 2. The van der Waals surface area contributed by atoms with Gasteiger partial charge in [-0.05, 0) is 48.0 Å². The van der Waals surface area contributed by atoms with Crippen LogP contribution in [0.4, 0.5) is 8.78 Å². The van der Waals surface area contributed by atoms with Gasteiger partial charge in [0.25, 0.3) is 0 Å². The van der Waals surface area contributed by atoms with Crippen molar-refractivity contribution in [2.24, 2.45) is 0 Å². The fraction of sp³-hybridized carbons (Fsp3) is 0.0526. The Morgan fingerprint density at radius 3 is 2.40 bits per heavy atom. The van der Waals surface area contributed by atoms with E-state index in [2.05, 4.69) is 9.72 Å². The standard InChI is InChI=1S/C19H14F2N2O2/c20-19(21)25-17-8-1-14(2-9-17)3-10-18(24)15-4-6-16(7-5-15)23-12-11-22-13-23/h1-13,19H/b10-3+. The lowest BCUT2D eigenvalue weighted by Gasteiger charge is -2.04. The maximum Gasteiger partial charge on any atom is 0.387 e. The van der Waals surface area contributed by atoms with Gasteiger partial charge in [0.15, 0.2) is 5.78 Å². The summed E-state index contributed by atoms with van der Waals surface area (Å²) in [5.41, 5.74) is 2.18. The van der Waals surface area contributed by atoms with Gasteiger partial charge in [-0.15, -0.1) is 0 Å². The molecule has 0 saturated heterocycles. The van der Waals surface area contributed by atoms with E-state index in [-0.39, 0.29) is 11.5 Å². The van der Waals surface area contributed by atoms with E-state index in [4.69, 9.17) is 0 Å². The Kier molecular flexibility index (Phi) is 4.99. The Morgan fingerprint density at radius 1 is 1.08 bits per heavy atom. The quantitative estimate of drug-likeness (QED) is 0.494. The molecule has 4 nitrogen and oxygen atoms in total. The van der Waals surface area contributed by atoms with Gasteiger partial charge in [-0.3, -0.25) is 4.79 Å². The van der Waals surface area contributed by atoms with E-state index < -0.39 is 6.61 Å². The molecule has 0 unspecified atom stereocenters. The number of aromatic nitrogens is 2. The molecule has 1 aromatic heterocycles. The summed E-state index contributed by atoms with van der Waals surface area (Å²) in [5.74, 6) is -0.0707. The van der Waals surface area contributed by atoms with Crippen LogP contribution in [0.1, 0.15) is 15.9 Å². The van der Waals surface area contributed by atoms with E-state index >= 15 is 0 Å². The second kappa shape index (κ2) is 7.53. The van der Waals surface area contributed by atoms with Crippen molar-refractivity contribution >= 4 is 11.9 Å². The van der Waals surface area contributed by atoms with Gasteiger partial charge in [-0.25, -0.2) is 4.98 Å². The Hall–Kier alpha value is -3.28. The number of allylic oxidation sites excluding steroid dienone is 1. The Morgan fingerprint density at radius 2 is 1.80 bits per heavy atom. The smallest absolute Gasteiger partial charge is 0.387 e. The van der Waals surface area contributed by atoms with E-state index in [1.807, 2.05) is 22.9 Å². The topological polar surface area (TPSA) is 44.1 Å². The normalized spacial score (nSPS) is 11.2. The van der Waals surface area contributed by atoms with Crippen molar-refractivity contribution in [3.63, 3.8) is 0 Å². The first-order valence-corrected chi connectivity index (χ1v) is 7.47. The van der Waals surface area contributed by atoms with Crippen molar-refractivity contribution in [2.45, 2.75) is 6.61 Å². The number of rotatable bonds is 6. The van der Waals surface area contributed by atoms with Crippen LogP contribution in [0, 0.1) is 0 Å². The zero-order chi connectivity index (χ0) is 17.6. The average molecular weight is 340 g/mol. The number of imidazole rings is 1. The minimum atomic E-state index is -2.85. The highest BCUT2D eigenvalue weighted by Crippen LogP contribution is 2.16. The molecular weight excluding hydrogens is 326 g/mol. The minimum Gasteiger partial charge on any atom is -0.435 e. The summed E-state index contributed by atoms with van der Waals surface area (Å²) in [6.45, 7) is -2.85. The first kappa shape index (κ1) is 16.6. The fourth-order valence-corrected chi connectivity index (χ4v) is 2.24. The Balaban J connectivity index is 1.66. The molecule has 3 aromatic rings. The first-order chi connectivity index (χ1) is 12.1. The summed E-state index contributed by atoms with van der Waals surface area (Å²) in [4.78, 5) is 16.2. The van der Waals surface area contributed by atoms with Crippen LogP contribution in [0.15, 0.2) is 73.3 Å². The van der Waals surface area contributed by atoms with Gasteiger partial charge in [-0.2, -0.15) is 8.78 Å². The number of hydrogen-bond acceptors (Lipinski definition) is 3. The van der Waals surface area contributed by atoms with Gasteiger partial charge in [0.2, 0.25) is 0 Å². The second-order valence-electron chi connectivity index (χ2n) is 5.16. The first-order valence-electron chi connectivity index (χ1n) is 7.47. The number of nitrogens with zero attached hydrogens (tertiary/aromatic N) is 2. The molecule has 0 bridgehead atoms. The van der Waals surface area contributed by atoms with Crippen molar-refractivity contribution in [3.05, 3.63) is 84.5 Å². The van der Waals surface area contributed by atoms with Gasteiger partial charge in [0.05, 0.1) is 6.33 Å². The maximum atomic E-state index is 12.2. The Bertz CT molecular complexity index is 855. The van der Waals surface area contributed by atoms with E-state index in [1.165, 1.54) is 18.2 Å². The molecule has 25 heavy (non-hydrogen) atoms. The predicted octanol–water partition coefficient (Wildman–Crippen LogP) is 4.37. The van der Waals surface area contributed by atoms with Crippen molar-refractivity contribution in [3.8, 4) is 11.4 Å². The number of carbonyl (C=O) groups is 1. The largest absolute Gasteiger partial charge is 0.435 e. The summed E-state index contributed by atoms with van der Waals surface area (Å²) >= 11 is 0. The molecule has 2 aromatic carbocycles. The SMILES string of the molecule is O=C(/C=C/c1ccc(OC(F)F)cc1)c1ccc(-n2ccnc2)cc1. The molecule has 0 amide bonds. The fourth-order valence-electron chi connectivity index (χ4n) is 2.24. The maximum absolute atomic E-state index is 12.2. The van der Waals surface area contributed by atoms with Crippen LogP contribution < -0.4 is 4.74 Å². The molecule has 0 N–H and O–H groups in total. The second-order valence-corrected chi connectivity index (χ2v) is 5.16. The lowest BCUT2D eigenvalue weighted by atomic mass is 10.1. The summed E-state index contributed by atoms with van der Waals surface area (Å²) in [5, 5.41) is 0. The number of halogens is 2. The molecule has 0 spiro atoms. The number of carbonyl (C=O) groups excluding carboxylic acids is 1. The van der Waals surface area contributed by atoms with Crippen LogP contribution >= 0.6 is 0 Å². The molecule has 1 heterocycles. The zero-order valence-electron chi connectivity index (χ0n) is 13.0. The number of ether oxygens (including phenoxy) is 1. The summed E-state index contributed by atoms with van der Waals surface area (Å²) in [6.07, 6.45) is 8.24. The highest BCUT2D eigenvalue weighted by atomic mass is 19.3. The van der Waals surface area contributed by atoms with Crippen molar-refractivity contribution in [1.82, 2.24) is 9.55 Å². The number of hydrogen-bond donors (Lipinski definition) is 0. The van der Waals surface area contributed by atoms with Crippen LogP contribution in [0.5, 0.6) is 5.75 Å². The van der Waals surface area contributed by atoms with Gasteiger partial charge >= 0.3 is 6.61 Å². The highest BCUT2D eigenvalue weighted by Gasteiger charge is 2.04. The van der Waals surface area contributed by atoms with Gasteiger partial charge < -0.3 is 9.30 Å². The molecular formula is C19H14F2N2O2. The molecule has 126 valence electrons. The number of ketones is 1. The molecule has 6 heteroatoms. The predicted molar refractivity (Wildman–Crippen MR) is 90.0 cm³/mol. The summed E-state index contributed by atoms with van der Waals surface area (Å²) in [6, 6.07) is 13.2. The van der Waals surface area contributed by atoms with Crippen LogP contribution in [0.3, 0.4) is 0 Å². The minimum absolute atomic E-state index is 0.0774. The molecule has 0 aliphatic heterocycles. The monoisotopic (exact) mass is 340 g/mol. The van der Waals surface area contributed by atoms with Crippen LogP contribution in [0.25, 0.3) is 11.8 Å². The Labute approximate surface area is 143 Å². The third kappa shape index (κ3) is 4.38. The molecule has 0 radical (unpaired) electrons. The zero-order valence-corrected chi connectivity index (χ0v) is 13.0. The van der Waals surface area contributed by atoms with Crippen LogP contribution in [-0.4, -0.2) is 21.9 Å². The van der Waals surface area contributed by atoms with Gasteiger partial charge in [0, 0.05) is 23.6 Å². The van der Waals surface area contributed by atoms with Gasteiger partial charge in [0.1, 0.15) is 5.75 Å². The summed E-state index contributed by atoms with van der Waals surface area (Å²) in [7, 11) is 0. The van der Waals surface area contributed by atoms with Crippen LogP contribution in [0.2, 0.25) is 0 Å². The summed E-state index contributed by atoms with van der Waals surface area (Å²) < 4.78 is 30.3. The molecule has 0 aliphatic rings. The van der Waals surface area contributed by atoms with E-state index in [9.17, 15) is 13.6 Å². The third-order valence-electron chi connectivity index (χ3n) is 3.49. The molecule has 0 saturated carbocycles. The van der Waals surface area contributed by atoms with E-state index in [0.29, 0.717) is 11.1 Å². The average Bonchev–Trinajstić information content (AvgIpc) is 3.15. The van der Waals surface area contributed by atoms with E-state index in [0.717, 1.165) is 5.69 Å². The molecule has 3 rings (SSSR count). The molecule has 0 aliphatic carbocycles. The van der Waals surface area contributed by atoms with Crippen molar-refractivity contribution in [1.29, 1.82) is 0 Å². The van der Waals surface area contributed by atoms with E-state index in [1.54, 1.807) is 42.9 Å². The molecule has 0 atom stereocenters. The lowest BCUT2D eigenvalue weighted by molar-refractivity contribution is -0.0498. The van der Waals surface area contributed by atoms with Crippen LogP contribution in [-0.2, 0) is 0 Å². The third-order valence-corrected chi connectivity index (χ3v) is 3.49. The lowest BCUT2D eigenvalue weighted by Crippen LogP contribution is -2.01. The molecule has 0 fully saturated rings. The van der Waals surface area contributed by atoms with Crippen molar-refractivity contribution in [2.75, 3.05) is 0 Å².